The first kappa shape index (κ1) is 11.7. The van der Waals surface area contributed by atoms with E-state index in [4.69, 9.17) is 5.11 Å². The van der Waals surface area contributed by atoms with Gasteiger partial charge in [0.2, 0.25) is 5.83 Å². The van der Waals surface area contributed by atoms with Gasteiger partial charge in [0.05, 0.1) is 13.0 Å². The molecule has 0 unspecified atom stereocenters. The third-order valence-corrected chi connectivity index (χ3v) is 2.88. The van der Waals surface area contributed by atoms with E-state index < -0.39 is 35.0 Å². The Balaban J connectivity index is 2.78. The quantitative estimate of drug-likeness (QED) is 0.571. The fourth-order valence-corrected chi connectivity index (χ4v) is 1.78. The molecule has 1 saturated carbocycles. The number of hydrogen-bond acceptors (Lipinski definition) is 3. The van der Waals surface area contributed by atoms with E-state index in [9.17, 15) is 14.0 Å². The van der Waals surface area contributed by atoms with Crippen molar-refractivity contribution in [2.45, 2.75) is 13.8 Å². The predicted molar refractivity (Wildman–Crippen MR) is 49.6 cm³/mol. The van der Waals surface area contributed by atoms with Crippen LogP contribution >= 0.6 is 0 Å². The molecule has 4 nitrogen and oxygen atoms in total. The van der Waals surface area contributed by atoms with Crippen molar-refractivity contribution in [3.05, 3.63) is 11.9 Å². The minimum atomic E-state index is -1.07. The minimum Gasteiger partial charge on any atom is -0.481 e. The Morgan fingerprint density at radius 1 is 1.47 bits per heavy atom. The van der Waals surface area contributed by atoms with Crippen molar-refractivity contribution in [3.8, 4) is 0 Å². The summed E-state index contributed by atoms with van der Waals surface area (Å²) in [5.74, 6) is -4.15. The Morgan fingerprint density at radius 2 is 2.00 bits per heavy atom. The van der Waals surface area contributed by atoms with Crippen molar-refractivity contribution in [2.24, 2.45) is 17.3 Å². The van der Waals surface area contributed by atoms with Gasteiger partial charge in [-0.05, 0) is 17.4 Å². The summed E-state index contributed by atoms with van der Waals surface area (Å²) in [5, 5.41) is 8.80. The van der Waals surface area contributed by atoms with Gasteiger partial charge in [-0.1, -0.05) is 13.8 Å². The molecule has 1 rings (SSSR count). The number of halogens is 1. The number of carbonyl (C=O) groups is 2. The van der Waals surface area contributed by atoms with Crippen LogP contribution in [-0.2, 0) is 14.3 Å². The lowest BCUT2D eigenvalue weighted by Gasteiger charge is -1.97. The number of hydrogen-bond donors (Lipinski definition) is 1. The van der Waals surface area contributed by atoms with Crippen molar-refractivity contribution in [1.82, 2.24) is 0 Å². The molecule has 0 radical (unpaired) electrons. The summed E-state index contributed by atoms with van der Waals surface area (Å²) in [6.07, 6.45) is 1.03. The fourth-order valence-electron chi connectivity index (χ4n) is 1.78. The van der Waals surface area contributed by atoms with Crippen molar-refractivity contribution < 1.29 is 23.8 Å². The van der Waals surface area contributed by atoms with Crippen LogP contribution < -0.4 is 0 Å². The number of aliphatic carboxylic acids is 1. The van der Waals surface area contributed by atoms with E-state index >= 15 is 0 Å². The third-order valence-electron chi connectivity index (χ3n) is 2.88. The summed E-state index contributed by atoms with van der Waals surface area (Å²) in [6, 6.07) is 0. The van der Waals surface area contributed by atoms with Gasteiger partial charge in [-0.2, -0.15) is 4.39 Å². The zero-order chi connectivity index (χ0) is 11.8. The smallest absolute Gasteiger partial charge is 0.366 e. The van der Waals surface area contributed by atoms with E-state index in [1.165, 1.54) is 0 Å². The highest BCUT2D eigenvalue weighted by Crippen LogP contribution is 2.59. The van der Waals surface area contributed by atoms with E-state index in [2.05, 4.69) is 4.74 Å². The van der Waals surface area contributed by atoms with E-state index in [0.29, 0.717) is 0 Å². The molecule has 0 aromatic carbocycles. The number of carboxylic acids is 1. The Labute approximate surface area is 86.7 Å². The molecule has 1 aliphatic rings. The van der Waals surface area contributed by atoms with Crippen LogP contribution in [0.4, 0.5) is 4.39 Å². The highest BCUT2D eigenvalue weighted by Gasteiger charge is 2.61. The van der Waals surface area contributed by atoms with Crippen LogP contribution in [0.1, 0.15) is 13.8 Å². The average molecular weight is 216 g/mol. The third kappa shape index (κ3) is 2.00. The number of rotatable bonds is 3. The first-order chi connectivity index (χ1) is 6.82. The highest BCUT2D eigenvalue weighted by molar-refractivity contribution is 5.86. The summed E-state index contributed by atoms with van der Waals surface area (Å²) in [4.78, 5) is 21.5. The summed E-state index contributed by atoms with van der Waals surface area (Å²) in [7, 11) is 1.07. The molecular weight excluding hydrogens is 203 g/mol. The molecule has 0 aliphatic heterocycles. The Kier molecular flexibility index (Phi) is 2.83. The number of carbonyl (C=O) groups excluding carboxylic acids is 1. The largest absolute Gasteiger partial charge is 0.481 e. The van der Waals surface area contributed by atoms with Crippen LogP contribution in [0.25, 0.3) is 0 Å². The topological polar surface area (TPSA) is 63.6 Å². The number of methoxy groups -OCH3 is 1. The van der Waals surface area contributed by atoms with Crippen LogP contribution in [0, 0.1) is 17.3 Å². The highest BCUT2D eigenvalue weighted by atomic mass is 19.1. The molecule has 2 atom stereocenters. The van der Waals surface area contributed by atoms with Crippen molar-refractivity contribution >= 4 is 11.9 Å². The van der Waals surface area contributed by atoms with Crippen LogP contribution in [0.15, 0.2) is 11.9 Å². The zero-order valence-electron chi connectivity index (χ0n) is 8.78. The average Bonchev–Trinajstić information content (AvgIpc) is 2.66. The van der Waals surface area contributed by atoms with E-state index in [0.717, 1.165) is 13.2 Å². The lowest BCUT2D eigenvalue weighted by molar-refractivity contribution is -0.140. The molecule has 1 fully saturated rings. The van der Waals surface area contributed by atoms with Gasteiger partial charge < -0.3 is 9.84 Å². The maximum atomic E-state index is 13.1. The van der Waals surface area contributed by atoms with Crippen molar-refractivity contribution in [2.75, 3.05) is 7.11 Å². The lowest BCUT2D eigenvalue weighted by Crippen LogP contribution is -2.03. The van der Waals surface area contributed by atoms with Gasteiger partial charge in [-0.3, -0.25) is 4.79 Å². The van der Waals surface area contributed by atoms with Crippen LogP contribution in [0.3, 0.4) is 0 Å². The van der Waals surface area contributed by atoms with Crippen molar-refractivity contribution in [3.63, 3.8) is 0 Å². The minimum absolute atomic E-state index is 0.450. The Hall–Kier alpha value is -1.39. The first-order valence-electron chi connectivity index (χ1n) is 4.50. The number of allylic oxidation sites excluding steroid dienone is 1. The molecule has 0 spiro atoms. The SMILES string of the molecule is COC(=O)C(F)=C[C@@H]1[C@@H](C(=O)O)C1(C)C. The second-order valence-corrected chi connectivity index (χ2v) is 4.17. The second-order valence-electron chi connectivity index (χ2n) is 4.17. The Morgan fingerprint density at radius 3 is 2.33 bits per heavy atom. The molecule has 0 bridgehead atoms. The summed E-state index contributed by atoms with van der Waals surface area (Å²) in [6.45, 7) is 3.44. The molecule has 0 heterocycles. The standard InChI is InChI=1S/C10H13FO4/c1-10(2)5(7(10)8(12)13)4-6(11)9(14)15-3/h4-5,7H,1-3H3,(H,12,13)/t5-,7+/m1/s1. The molecular formula is C10H13FO4. The molecule has 5 heteroatoms. The Bertz CT molecular complexity index is 332. The molecule has 0 saturated heterocycles. The van der Waals surface area contributed by atoms with Gasteiger partial charge in [0.1, 0.15) is 0 Å². The second kappa shape index (κ2) is 3.64. The van der Waals surface area contributed by atoms with Crippen molar-refractivity contribution in [1.29, 1.82) is 0 Å². The fraction of sp³-hybridized carbons (Fsp3) is 0.600. The van der Waals surface area contributed by atoms with E-state index in [1.807, 2.05) is 0 Å². The van der Waals surface area contributed by atoms with Gasteiger partial charge in [0.25, 0.3) is 0 Å². The molecule has 84 valence electrons. The van der Waals surface area contributed by atoms with Gasteiger partial charge >= 0.3 is 11.9 Å². The van der Waals surface area contributed by atoms with Gasteiger partial charge in [-0.15, -0.1) is 0 Å². The molecule has 0 aromatic heterocycles. The normalized spacial score (nSPS) is 28.4. The first-order valence-corrected chi connectivity index (χ1v) is 4.50. The number of esters is 1. The number of ether oxygens (including phenoxy) is 1. The van der Waals surface area contributed by atoms with E-state index in [1.54, 1.807) is 13.8 Å². The number of carboxylic acid groups (broad SMARTS) is 1. The molecule has 15 heavy (non-hydrogen) atoms. The summed E-state index contributed by atoms with van der Waals surface area (Å²) in [5.41, 5.74) is -0.503. The lowest BCUT2D eigenvalue weighted by atomic mass is 10.1. The molecule has 1 aliphatic carbocycles. The molecule has 0 aromatic rings. The molecule has 0 amide bonds. The maximum absolute atomic E-state index is 13.1. The van der Waals surface area contributed by atoms with E-state index in [-0.39, 0.29) is 0 Å². The van der Waals surface area contributed by atoms with Gasteiger partial charge in [-0.25, -0.2) is 4.79 Å². The monoisotopic (exact) mass is 216 g/mol. The molecule has 1 N–H and O–H groups in total. The van der Waals surface area contributed by atoms with Gasteiger partial charge in [0.15, 0.2) is 0 Å². The van der Waals surface area contributed by atoms with Crippen LogP contribution in [0.5, 0.6) is 0 Å². The van der Waals surface area contributed by atoms with Crippen LogP contribution in [-0.4, -0.2) is 24.2 Å². The maximum Gasteiger partial charge on any atom is 0.366 e. The predicted octanol–water partition coefficient (Wildman–Crippen LogP) is 1.37. The van der Waals surface area contributed by atoms with Gasteiger partial charge in [0, 0.05) is 0 Å². The summed E-state index contributed by atoms with van der Waals surface area (Å²) < 4.78 is 17.2. The zero-order valence-corrected chi connectivity index (χ0v) is 8.78. The summed E-state index contributed by atoms with van der Waals surface area (Å²) >= 11 is 0. The van der Waals surface area contributed by atoms with Crippen LogP contribution in [0.2, 0.25) is 0 Å².